The van der Waals surface area contributed by atoms with Gasteiger partial charge in [-0.2, -0.15) is 5.10 Å². The van der Waals surface area contributed by atoms with E-state index < -0.39 is 0 Å². The number of ether oxygens (including phenoxy) is 2. The third-order valence-corrected chi connectivity index (χ3v) is 4.50. The third kappa shape index (κ3) is 5.19. The standard InChI is InChI=1S/C18H24N4O3S/c1-4-6-9-25-14-8-7-12(10-15(14)24-3)11-20-22-17(23)16-13(5-2)21-18(19)26-16/h7-8,10-11H,4-6,9H2,1-3H3,(H2,19,21)(H,22,23)/b20-11-. The van der Waals surface area contributed by atoms with Gasteiger partial charge >= 0.3 is 0 Å². The number of anilines is 1. The van der Waals surface area contributed by atoms with Crippen LogP contribution in [-0.2, 0) is 6.42 Å². The minimum atomic E-state index is -0.321. The van der Waals surface area contributed by atoms with Crippen molar-refractivity contribution in [1.82, 2.24) is 10.4 Å². The highest BCUT2D eigenvalue weighted by atomic mass is 32.1. The van der Waals surface area contributed by atoms with Crippen molar-refractivity contribution in [2.24, 2.45) is 5.10 Å². The largest absolute Gasteiger partial charge is 0.493 e. The Bertz CT molecular complexity index is 774. The summed E-state index contributed by atoms with van der Waals surface area (Å²) in [5, 5.41) is 4.37. The molecule has 0 aliphatic heterocycles. The molecule has 2 rings (SSSR count). The van der Waals surface area contributed by atoms with Gasteiger partial charge in [-0.25, -0.2) is 10.4 Å². The monoisotopic (exact) mass is 376 g/mol. The van der Waals surface area contributed by atoms with Gasteiger partial charge in [-0.15, -0.1) is 0 Å². The van der Waals surface area contributed by atoms with E-state index in [1.54, 1.807) is 19.4 Å². The van der Waals surface area contributed by atoms with Gasteiger partial charge < -0.3 is 15.2 Å². The van der Waals surface area contributed by atoms with Gasteiger partial charge in [0.25, 0.3) is 5.91 Å². The Hall–Kier alpha value is -2.61. The lowest BCUT2D eigenvalue weighted by Crippen LogP contribution is -2.17. The molecular weight excluding hydrogens is 352 g/mol. The Balaban J connectivity index is 2.02. The Morgan fingerprint density at radius 1 is 1.38 bits per heavy atom. The topological polar surface area (TPSA) is 98.8 Å². The molecule has 0 aliphatic rings. The van der Waals surface area contributed by atoms with Crippen molar-refractivity contribution in [3.05, 3.63) is 34.3 Å². The number of benzene rings is 1. The Kier molecular flexibility index (Phi) is 7.40. The van der Waals surface area contributed by atoms with Crippen LogP contribution in [0.1, 0.15) is 47.6 Å². The molecule has 1 aromatic carbocycles. The summed E-state index contributed by atoms with van der Waals surface area (Å²) in [5.74, 6) is 0.994. The second kappa shape index (κ2) is 9.76. The molecule has 26 heavy (non-hydrogen) atoms. The van der Waals surface area contributed by atoms with Crippen molar-refractivity contribution in [3.63, 3.8) is 0 Å². The van der Waals surface area contributed by atoms with Crippen LogP contribution in [-0.4, -0.2) is 30.8 Å². The molecule has 0 radical (unpaired) electrons. The van der Waals surface area contributed by atoms with E-state index in [4.69, 9.17) is 15.2 Å². The average Bonchev–Trinajstić information content (AvgIpc) is 3.03. The first-order chi connectivity index (χ1) is 12.6. The maximum atomic E-state index is 12.2. The van der Waals surface area contributed by atoms with Crippen molar-refractivity contribution >= 4 is 28.6 Å². The first kappa shape index (κ1) is 19.7. The fourth-order valence-electron chi connectivity index (χ4n) is 2.21. The van der Waals surface area contributed by atoms with Crippen LogP contribution in [0.25, 0.3) is 0 Å². The number of carbonyl (C=O) groups is 1. The van der Waals surface area contributed by atoms with Crippen LogP contribution in [0.5, 0.6) is 11.5 Å². The summed E-state index contributed by atoms with van der Waals surface area (Å²) in [6.07, 6.45) is 4.24. The molecule has 1 heterocycles. The minimum Gasteiger partial charge on any atom is -0.493 e. The summed E-state index contributed by atoms with van der Waals surface area (Å²) in [6, 6.07) is 5.48. The Morgan fingerprint density at radius 2 is 2.19 bits per heavy atom. The van der Waals surface area contributed by atoms with Gasteiger partial charge in [0, 0.05) is 0 Å². The van der Waals surface area contributed by atoms with Crippen molar-refractivity contribution in [2.45, 2.75) is 33.1 Å². The zero-order chi connectivity index (χ0) is 18.9. The van der Waals surface area contributed by atoms with E-state index in [2.05, 4.69) is 22.4 Å². The minimum absolute atomic E-state index is 0.321. The molecule has 140 valence electrons. The van der Waals surface area contributed by atoms with E-state index in [9.17, 15) is 4.79 Å². The summed E-state index contributed by atoms with van der Waals surface area (Å²) in [4.78, 5) is 16.8. The summed E-state index contributed by atoms with van der Waals surface area (Å²) in [5.41, 5.74) is 9.63. The maximum absolute atomic E-state index is 12.2. The molecule has 0 saturated heterocycles. The van der Waals surface area contributed by atoms with Crippen LogP contribution in [0, 0.1) is 0 Å². The maximum Gasteiger partial charge on any atom is 0.283 e. The van der Waals surface area contributed by atoms with E-state index in [1.807, 2.05) is 19.1 Å². The van der Waals surface area contributed by atoms with Crippen molar-refractivity contribution in [2.75, 3.05) is 19.5 Å². The van der Waals surface area contributed by atoms with Gasteiger partial charge in [0.2, 0.25) is 0 Å². The first-order valence-electron chi connectivity index (χ1n) is 8.48. The van der Waals surface area contributed by atoms with Crippen LogP contribution >= 0.6 is 11.3 Å². The van der Waals surface area contributed by atoms with Crippen molar-refractivity contribution in [1.29, 1.82) is 0 Å². The summed E-state index contributed by atoms with van der Waals surface area (Å²) >= 11 is 1.15. The molecule has 0 aliphatic carbocycles. The van der Waals surface area contributed by atoms with Crippen LogP contribution in [0.4, 0.5) is 5.13 Å². The van der Waals surface area contributed by atoms with E-state index in [1.165, 1.54) is 0 Å². The summed E-state index contributed by atoms with van der Waals surface area (Å²) in [7, 11) is 1.59. The summed E-state index contributed by atoms with van der Waals surface area (Å²) in [6.45, 7) is 4.68. The molecule has 1 aromatic heterocycles. The second-order valence-electron chi connectivity index (χ2n) is 5.49. The second-order valence-corrected chi connectivity index (χ2v) is 6.52. The van der Waals surface area contributed by atoms with Crippen molar-refractivity contribution in [3.8, 4) is 11.5 Å². The molecule has 2 aromatic rings. The number of methoxy groups -OCH3 is 1. The molecule has 0 saturated carbocycles. The molecule has 7 nitrogen and oxygen atoms in total. The van der Waals surface area contributed by atoms with Gasteiger partial charge in [-0.05, 0) is 36.6 Å². The SMILES string of the molecule is CCCCOc1ccc(/C=N\NC(=O)c2sc(N)nc2CC)cc1OC. The highest BCUT2D eigenvalue weighted by molar-refractivity contribution is 7.17. The van der Waals surface area contributed by atoms with Crippen LogP contribution < -0.4 is 20.6 Å². The fraction of sp³-hybridized carbons (Fsp3) is 0.389. The Morgan fingerprint density at radius 3 is 2.88 bits per heavy atom. The predicted octanol–water partition coefficient (Wildman–Crippen LogP) is 3.24. The quantitative estimate of drug-likeness (QED) is 0.398. The fourth-order valence-corrected chi connectivity index (χ4v) is 3.02. The van der Waals surface area contributed by atoms with Gasteiger partial charge in [0.15, 0.2) is 16.6 Å². The highest BCUT2D eigenvalue weighted by Crippen LogP contribution is 2.27. The number of hydrazone groups is 1. The van der Waals surface area contributed by atoms with Crippen LogP contribution in [0.3, 0.4) is 0 Å². The summed E-state index contributed by atoms with van der Waals surface area (Å²) < 4.78 is 11.0. The van der Waals surface area contributed by atoms with Crippen LogP contribution in [0.2, 0.25) is 0 Å². The number of amides is 1. The average molecular weight is 376 g/mol. The van der Waals surface area contributed by atoms with Gasteiger partial charge in [-0.3, -0.25) is 4.79 Å². The zero-order valence-electron chi connectivity index (χ0n) is 15.2. The number of nitrogen functional groups attached to an aromatic ring is 1. The number of nitrogens with one attached hydrogen (secondary N) is 1. The van der Waals surface area contributed by atoms with E-state index in [-0.39, 0.29) is 5.91 Å². The number of carbonyl (C=O) groups excluding carboxylic acids is 1. The lowest BCUT2D eigenvalue weighted by molar-refractivity contribution is 0.0958. The number of hydrogen-bond donors (Lipinski definition) is 2. The number of rotatable bonds is 9. The lowest BCUT2D eigenvalue weighted by Gasteiger charge is -2.10. The van der Waals surface area contributed by atoms with Crippen molar-refractivity contribution < 1.29 is 14.3 Å². The molecule has 0 spiro atoms. The van der Waals surface area contributed by atoms with E-state index in [0.29, 0.717) is 40.2 Å². The van der Waals surface area contributed by atoms with Gasteiger partial charge in [0.05, 0.1) is 25.6 Å². The van der Waals surface area contributed by atoms with E-state index in [0.717, 1.165) is 29.7 Å². The normalized spacial score (nSPS) is 10.9. The lowest BCUT2D eigenvalue weighted by atomic mass is 10.2. The molecule has 8 heteroatoms. The molecule has 0 fully saturated rings. The third-order valence-electron chi connectivity index (χ3n) is 3.58. The molecule has 0 bridgehead atoms. The highest BCUT2D eigenvalue weighted by Gasteiger charge is 2.15. The molecule has 0 unspecified atom stereocenters. The smallest absolute Gasteiger partial charge is 0.283 e. The molecule has 1 amide bonds. The number of hydrogen-bond acceptors (Lipinski definition) is 7. The Labute approximate surface area is 157 Å². The number of thiazole rings is 1. The number of aromatic nitrogens is 1. The first-order valence-corrected chi connectivity index (χ1v) is 9.30. The zero-order valence-corrected chi connectivity index (χ0v) is 16.1. The molecule has 0 atom stereocenters. The predicted molar refractivity (Wildman–Crippen MR) is 104 cm³/mol. The molecule has 3 N–H and O–H groups in total. The number of nitrogens with two attached hydrogens (primary N) is 1. The number of nitrogens with zero attached hydrogens (tertiary/aromatic N) is 2. The van der Waals surface area contributed by atoms with Crippen LogP contribution in [0.15, 0.2) is 23.3 Å². The number of aryl methyl sites for hydroxylation is 1. The van der Waals surface area contributed by atoms with Gasteiger partial charge in [-0.1, -0.05) is 31.6 Å². The molecular formula is C18H24N4O3S. The number of unbranched alkanes of at least 4 members (excludes halogenated alkanes) is 1. The van der Waals surface area contributed by atoms with Gasteiger partial charge in [0.1, 0.15) is 4.88 Å². The van der Waals surface area contributed by atoms with E-state index >= 15 is 0 Å².